The Hall–Kier alpha value is -3.71. The number of aromatic nitrogens is 3. The summed E-state index contributed by atoms with van der Waals surface area (Å²) in [6.45, 7) is 15.2. The van der Waals surface area contributed by atoms with E-state index < -0.39 is 71.5 Å². The molecule has 3 fully saturated rings. The van der Waals surface area contributed by atoms with Gasteiger partial charge in [0, 0.05) is 49.5 Å². The highest BCUT2D eigenvalue weighted by atomic mass is 16.7. The van der Waals surface area contributed by atoms with Crippen LogP contribution < -0.4 is 11.1 Å². The maximum Gasteiger partial charge on any atom is 0.410 e. The van der Waals surface area contributed by atoms with Gasteiger partial charge in [0.15, 0.2) is 17.7 Å². The SMILES string of the molecule is CC[C@H]1OC(=O)[C@H](C)C(=O)[C@H](C)[C@@H](O[C@@H]2O[C@H](C)CC(N(C)C)C2O)[C@](C)(OC)C[C@@H](C)CN[C@H](CCN(C)C)[C@H]2N(CCCCn3cc(-c4cccc(N)c4)nn3)C(=O)O[C@]12C. The first-order chi connectivity index (χ1) is 29.7. The second-order valence-corrected chi connectivity index (χ2v) is 19.2. The molecule has 0 bridgehead atoms. The summed E-state index contributed by atoms with van der Waals surface area (Å²) in [5, 5.41) is 24.0. The average molecular weight is 885 g/mol. The molecule has 2 aromatic rings. The number of nitrogens with zero attached hydrogens (tertiary/aromatic N) is 6. The van der Waals surface area contributed by atoms with Crippen molar-refractivity contribution in [2.75, 3.05) is 60.7 Å². The number of methoxy groups -OCH3 is 1. The summed E-state index contributed by atoms with van der Waals surface area (Å²) in [6.07, 6.45) is 0.785. The third-order valence-corrected chi connectivity index (χ3v) is 13.5. The number of aliphatic hydroxyl groups is 1. The number of likely N-dealkylation sites (N-methyl/N-ethyl adjacent to an activating group) is 1. The lowest BCUT2D eigenvalue weighted by atomic mass is 9.78. The molecule has 4 N–H and O–H groups in total. The molecule has 2 unspecified atom stereocenters. The molecule has 4 heterocycles. The quantitative estimate of drug-likeness (QED) is 0.106. The normalized spacial score (nSPS) is 35.0. The van der Waals surface area contributed by atoms with E-state index in [2.05, 4.69) is 27.5 Å². The number of ether oxygens (including phenoxy) is 5. The van der Waals surface area contributed by atoms with E-state index in [9.17, 15) is 19.5 Å². The molecule has 0 saturated carbocycles. The van der Waals surface area contributed by atoms with Crippen LogP contribution in [0.3, 0.4) is 0 Å². The predicted octanol–water partition coefficient (Wildman–Crippen LogP) is 4.22. The van der Waals surface area contributed by atoms with Gasteiger partial charge in [-0.05, 0) is 126 Å². The third kappa shape index (κ3) is 11.8. The predicted molar refractivity (Wildman–Crippen MR) is 239 cm³/mol. The standard InChI is InChI=1S/C46H76N8O9/c1-13-37-46(7)40(54(44(58)63-46)21-15-14-20-53-27-35(49-50-53)32-17-16-18-33(47)24-32)34(19-22-51(8)9)48-26-28(2)25-45(6,59-12)41(30(4)38(55)31(5)42(57)61-37)62-43-39(56)36(52(10)11)23-29(3)60-43/h16-18,24,27-31,34,36-37,39-41,43,48,56H,13-15,19-23,25-26,47H2,1-12H3/t28-,29-,30+,31-,34-,36?,37-,39?,40-,41-,43+,45-,46-/m1/s1. The minimum Gasteiger partial charge on any atom is -0.458 e. The zero-order valence-corrected chi connectivity index (χ0v) is 39.8. The number of rotatable bonds is 14. The van der Waals surface area contributed by atoms with E-state index in [1.807, 2.05) is 91.2 Å². The largest absolute Gasteiger partial charge is 0.458 e. The van der Waals surface area contributed by atoms with Crippen molar-refractivity contribution in [2.45, 2.75) is 154 Å². The number of hydrogen-bond acceptors (Lipinski definition) is 15. The number of anilines is 1. The number of unbranched alkanes of at least 4 members (excludes halogenated alkanes) is 1. The molecule has 1 aromatic heterocycles. The lowest BCUT2D eigenvalue weighted by molar-refractivity contribution is -0.295. The Labute approximate surface area is 374 Å². The van der Waals surface area contributed by atoms with Gasteiger partial charge in [-0.25, -0.2) is 4.79 Å². The van der Waals surface area contributed by atoms with Gasteiger partial charge in [-0.3, -0.25) is 19.2 Å². The molecule has 0 radical (unpaired) electrons. The molecular formula is C46H76N8O9. The molecule has 3 saturated heterocycles. The second kappa shape index (κ2) is 21.5. The third-order valence-electron chi connectivity index (χ3n) is 13.5. The van der Waals surface area contributed by atoms with Gasteiger partial charge in [-0.15, -0.1) is 5.10 Å². The monoisotopic (exact) mass is 885 g/mol. The van der Waals surface area contributed by atoms with Crippen LogP contribution in [-0.4, -0.2) is 168 Å². The van der Waals surface area contributed by atoms with E-state index in [0.717, 1.165) is 11.3 Å². The minimum absolute atomic E-state index is 0.0316. The van der Waals surface area contributed by atoms with E-state index in [1.165, 1.54) is 0 Å². The fraction of sp³-hybridized carbons (Fsp3) is 0.761. The molecule has 1 aromatic carbocycles. The molecule has 13 atom stereocenters. The summed E-state index contributed by atoms with van der Waals surface area (Å²) in [5.74, 6) is -3.20. The topological polar surface area (TPSA) is 196 Å². The van der Waals surface area contributed by atoms with Gasteiger partial charge in [0.1, 0.15) is 23.8 Å². The number of nitrogen functional groups attached to an aromatic ring is 1. The highest BCUT2D eigenvalue weighted by Crippen LogP contribution is 2.41. The van der Waals surface area contributed by atoms with E-state index in [0.29, 0.717) is 70.4 Å². The summed E-state index contributed by atoms with van der Waals surface area (Å²) >= 11 is 0. The van der Waals surface area contributed by atoms with Crippen molar-refractivity contribution >= 4 is 23.5 Å². The number of amides is 1. The van der Waals surface area contributed by atoms with Crippen LogP contribution in [0.4, 0.5) is 10.5 Å². The van der Waals surface area contributed by atoms with Gasteiger partial charge >= 0.3 is 12.1 Å². The number of aryl methyl sites for hydroxylation is 1. The number of Topliss-reactive ketones (excluding diaryl/α,β-unsaturated/α-hetero) is 1. The van der Waals surface area contributed by atoms with Crippen LogP contribution >= 0.6 is 0 Å². The highest BCUT2D eigenvalue weighted by Gasteiger charge is 2.59. The lowest BCUT2D eigenvalue weighted by Gasteiger charge is -2.46. The van der Waals surface area contributed by atoms with Gasteiger partial charge in [-0.1, -0.05) is 38.1 Å². The Bertz CT molecular complexity index is 1830. The number of nitrogens with two attached hydrogens (primary N) is 1. The number of nitrogens with one attached hydrogen (secondary N) is 1. The minimum atomic E-state index is -1.26. The number of aliphatic hydroxyl groups excluding tert-OH is 1. The van der Waals surface area contributed by atoms with Crippen LogP contribution in [0.15, 0.2) is 30.5 Å². The molecular weight excluding hydrogens is 809 g/mol. The van der Waals surface area contributed by atoms with E-state index in [-0.39, 0.29) is 24.1 Å². The smallest absolute Gasteiger partial charge is 0.410 e. The van der Waals surface area contributed by atoms with Crippen molar-refractivity contribution < 1.29 is 43.2 Å². The van der Waals surface area contributed by atoms with E-state index in [1.54, 1.807) is 30.5 Å². The lowest BCUT2D eigenvalue weighted by Crippen LogP contribution is -2.62. The van der Waals surface area contributed by atoms with E-state index in [4.69, 9.17) is 29.4 Å². The first-order valence-corrected chi connectivity index (χ1v) is 22.8. The number of fused-ring (bicyclic) bond motifs is 1. The number of carbonyl (C=O) groups is 3. The molecule has 17 nitrogen and oxygen atoms in total. The number of carbonyl (C=O) groups excluding carboxylic acids is 3. The van der Waals surface area contributed by atoms with Crippen LogP contribution in [0.25, 0.3) is 11.3 Å². The Morgan fingerprint density at radius 3 is 2.43 bits per heavy atom. The molecule has 0 aliphatic carbocycles. The molecule has 5 rings (SSSR count). The molecule has 63 heavy (non-hydrogen) atoms. The van der Waals surface area contributed by atoms with Gasteiger partial charge in [0.25, 0.3) is 0 Å². The number of ketones is 1. The number of hydrogen-bond donors (Lipinski definition) is 3. The van der Waals surface area contributed by atoms with Crippen molar-refractivity contribution in [3.8, 4) is 11.3 Å². The van der Waals surface area contributed by atoms with Crippen LogP contribution in [0.5, 0.6) is 0 Å². The Kier molecular flexibility index (Phi) is 17.2. The van der Waals surface area contributed by atoms with Gasteiger partial charge < -0.3 is 49.6 Å². The van der Waals surface area contributed by atoms with Gasteiger partial charge in [0.05, 0.1) is 30.0 Å². The summed E-state index contributed by atoms with van der Waals surface area (Å²) in [7, 11) is 9.44. The average Bonchev–Trinajstić information content (AvgIpc) is 3.81. The number of esters is 1. The fourth-order valence-electron chi connectivity index (χ4n) is 9.93. The maximum absolute atomic E-state index is 14.5. The van der Waals surface area contributed by atoms with Crippen molar-refractivity contribution in [3.05, 3.63) is 30.5 Å². The van der Waals surface area contributed by atoms with Crippen molar-refractivity contribution in [1.29, 1.82) is 0 Å². The van der Waals surface area contributed by atoms with E-state index >= 15 is 0 Å². The molecule has 3 aliphatic heterocycles. The molecule has 0 spiro atoms. The molecule has 1 amide bonds. The Balaban J connectivity index is 1.45. The first-order valence-electron chi connectivity index (χ1n) is 22.8. The summed E-state index contributed by atoms with van der Waals surface area (Å²) in [5.41, 5.74) is 5.93. The van der Waals surface area contributed by atoms with Crippen LogP contribution in [0, 0.1) is 17.8 Å². The molecule has 17 heteroatoms. The van der Waals surface area contributed by atoms with Crippen molar-refractivity contribution in [1.82, 2.24) is 35.0 Å². The zero-order valence-electron chi connectivity index (χ0n) is 39.8. The van der Waals surface area contributed by atoms with Crippen LogP contribution in [0.2, 0.25) is 0 Å². The fourth-order valence-corrected chi connectivity index (χ4v) is 9.93. The first kappa shape index (κ1) is 50.3. The summed E-state index contributed by atoms with van der Waals surface area (Å²) in [4.78, 5) is 48.7. The second-order valence-electron chi connectivity index (χ2n) is 19.2. The Morgan fingerprint density at radius 1 is 1.06 bits per heavy atom. The number of cyclic esters (lactones) is 1. The summed E-state index contributed by atoms with van der Waals surface area (Å²) < 4.78 is 33.7. The highest BCUT2D eigenvalue weighted by molar-refractivity contribution is 6.00. The molecule has 354 valence electrons. The van der Waals surface area contributed by atoms with Gasteiger partial charge in [0.2, 0.25) is 0 Å². The number of benzene rings is 1. The maximum atomic E-state index is 14.5. The Morgan fingerprint density at radius 2 is 1.78 bits per heavy atom. The van der Waals surface area contributed by atoms with Crippen molar-refractivity contribution in [2.24, 2.45) is 17.8 Å². The summed E-state index contributed by atoms with van der Waals surface area (Å²) in [6, 6.07) is 6.46. The van der Waals surface area contributed by atoms with Crippen LogP contribution in [0.1, 0.15) is 87.0 Å². The zero-order chi connectivity index (χ0) is 46.4. The molecule has 3 aliphatic rings. The van der Waals surface area contributed by atoms with Crippen LogP contribution in [-0.2, 0) is 39.8 Å². The van der Waals surface area contributed by atoms with Crippen molar-refractivity contribution in [3.63, 3.8) is 0 Å². The van der Waals surface area contributed by atoms with Gasteiger partial charge in [-0.2, -0.15) is 0 Å².